The topological polar surface area (TPSA) is 17.8 Å². The Balaban J connectivity index is 0.00000272. The molecule has 0 atom stereocenters. The van der Waals surface area contributed by atoms with Crippen LogP contribution in [0.1, 0.15) is 83.1 Å². The molecule has 2 nitrogen and oxygen atoms in total. The standard InChI is InChI=1S/C27H34N2S.H2/c1-5-11-19(3)24-17-26(29(20(24)4)23-14-8-7-9-15-23)25-18-30-27(28-25)22-13-10-12-21(6-2)16-22;/h10,12-13,16-18,23H,3,5-9,11,14-15H2,1-2,4H3;1H. The maximum absolute atomic E-state index is 5.11. The Morgan fingerprint density at radius 3 is 2.73 bits per heavy atom. The molecule has 0 spiro atoms. The number of aryl methyl sites for hydroxylation is 1. The van der Waals surface area contributed by atoms with E-state index in [-0.39, 0.29) is 1.43 Å². The fourth-order valence-electron chi connectivity index (χ4n) is 4.87. The lowest BCUT2D eigenvalue weighted by Gasteiger charge is -2.27. The number of allylic oxidation sites excluding steroid dienone is 1. The molecule has 0 unspecified atom stereocenters. The Bertz CT molecular complexity index is 1020. The number of benzene rings is 1. The van der Waals surface area contributed by atoms with Crippen LogP contribution < -0.4 is 0 Å². The van der Waals surface area contributed by atoms with Crippen molar-refractivity contribution in [1.82, 2.24) is 9.55 Å². The van der Waals surface area contributed by atoms with Crippen molar-refractivity contribution >= 4 is 16.9 Å². The molecule has 0 radical (unpaired) electrons. The van der Waals surface area contributed by atoms with Crippen molar-refractivity contribution in [3.05, 3.63) is 59.1 Å². The van der Waals surface area contributed by atoms with E-state index in [9.17, 15) is 0 Å². The molecule has 0 N–H and O–H groups in total. The van der Waals surface area contributed by atoms with E-state index in [1.165, 1.54) is 65.8 Å². The minimum atomic E-state index is 0. The summed E-state index contributed by atoms with van der Waals surface area (Å²) in [4.78, 5) is 5.11. The summed E-state index contributed by atoms with van der Waals surface area (Å²) in [6, 6.07) is 11.8. The summed E-state index contributed by atoms with van der Waals surface area (Å²) in [5, 5.41) is 3.36. The summed E-state index contributed by atoms with van der Waals surface area (Å²) in [6.07, 6.45) is 9.83. The average molecular weight is 421 g/mol. The largest absolute Gasteiger partial charge is 0.340 e. The minimum absolute atomic E-state index is 0. The van der Waals surface area contributed by atoms with Crippen molar-refractivity contribution in [3.63, 3.8) is 0 Å². The van der Waals surface area contributed by atoms with Gasteiger partial charge in [0.05, 0.1) is 11.4 Å². The Hall–Kier alpha value is -2.13. The van der Waals surface area contributed by atoms with E-state index in [2.05, 4.69) is 67.6 Å². The van der Waals surface area contributed by atoms with Gasteiger partial charge in [-0.3, -0.25) is 0 Å². The first kappa shape index (κ1) is 21.1. The highest BCUT2D eigenvalue weighted by Crippen LogP contribution is 2.39. The van der Waals surface area contributed by atoms with Gasteiger partial charge in [0.2, 0.25) is 0 Å². The van der Waals surface area contributed by atoms with Crippen LogP contribution in [-0.4, -0.2) is 9.55 Å². The van der Waals surface area contributed by atoms with Gasteiger partial charge in [-0.25, -0.2) is 4.98 Å². The molecule has 3 aromatic rings. The summed E-state index contributed by atoms with van der Waals surface area (Å²) < 4.78 is 2.59. The third-order valence-corrected chi connectivity index (χ3v) is 7.40. The normalized spacial score (nSPS) is 14.9. The SMILES string of the molecule is C=C(CCC)c1cc(-c2csc(-c3cccc(CC)c3)n2)n(C2CCCCC2)c1C.[HH]. The Labute approximate surface area is 187 Å². The number of hydrogen-bond donors (Lipinski definition) is 0. The van der Waals surface area contributed by atoms with Crippen LogP contribution in [0, 0.1) is 6.92 Å². The zero-order valence-corrected chi connectivity index (χ0v) is 19.5. The second-order valence-corrected chi connectivity index (χ2v) is 9.49. The second kappa shape index (κ2) is 9.34. The van der Waals surface area contributed by atoms with Crippen molar-refractivity contribution in [2.75, 3.05) is 0 Å². The van der Waals surface area contributed by atoms with Gasteiger partial charge in [0.15, 0.2) is 0 Å². The molecular weight excluding hydrogens is 384 g/mol. The summed E-state index contributed by atoms with van der Waals surface area (Å²) in [5.41, 5.74) is 8.95. The predicted octanol–water partition coefficient (Wildman–Crippen LogP) is 8.71. The number of nitrogens with zero attached hydrogens (tertiary/aromatic N) is 2. The van der Waals surface area contributed by atoms with Crippen LogP contribution in [0.5, 0.6) is 0 Å². The van der Waals surface area contributed by atoms with Gasteiger partial charge in [0.1, 0.15) is 5.01 Å². The van der Waals surface area contributed by atoms with E-state index in [1.54, 1.807) is 11.3 Å². The van der Waals surface area contributed by atoms with E-state index in [0.29, 0.717) is 6.04 Å². The van der Waals surface area contributed by atoms with Gasteiger partial charge in [-0.2, -0.15) is 0 Å². The van der Waals surface area contributed by atoms with Gasteiger partial charge < -0.3 is 4.57 Å². The quantitative estimate of drug-likeness (QED) is 0.373. The summed E-state index contributed by atoms with van der Waals surface area (Å²) in [7, 11) is 0. The highest BCUT2D eigenvalue weighted by atomic mass is 32.1. The average Bonchev–Trinajstić information content (AvgIpc) is 3.39. The zero-order valence-electron chi connectivity index (χ0n) is 18.7. The van der Waals surface area contributed by atoms with E-state index in [0.717, 1.165) is 30.0 Å². The van der Waals surface area contributed by atoms with Crippen LogP contribution in [0.2, 0.25) is 0 Å². The van der Waals surface area contributed by atoms with Crippen LogP contribution in [0.4, 0.5) is 0 Å². The molecule has 0 saturated heterocycles. The third-order valence-electron chi connectivity index (χ3n) is 6.51. The molecule has 1 aliphatic rings. The molecule has 0 bridgehead atoms. The van der Waals surface area contributed by atoms with Crippen molar-refractivity contribution in [3.8, 4) is 22.0 Å². The molecule has 2 aromatic heterocycles. The van der Waals surface area contributed by atoms with Crippen LogP contribution in [0.25, 0.3) is 27.5 Å². The van der Waals surface area contributed by atoms with Crippen LogP contribution in [-0.2, 0) is 6.42 Å². The summed E-state index contributed by atoms with van der Waals surface area (Å²) in [5.74, 6) is 0. The number of aromatic nitrogens is 2. The maximum Gasteiger partial charge on any atom is 0.124 e. The first-order chi connectivity index (χ1) is 14.6. The number of thiazole rings is 1. The van der Waals surface area contributed by atoms with Gasteiger partial charge in [0.25, 0.3) is 0 Å². The molecule has 0 aliphatic heterocycles. The van der Waals surface area contributed by atoms with Crippen LogP contribution in [0.15, 0.2) is 42.3 Å². The van der Waals surface area contributed by atoms with Crippen molar-refractivity contribution in [2.45, 2.75) is 78.2 Å². The highest BCUT2D eigenvalue weighted by molar-refractivity contribution is 7.13. The molecule has 1 aliphatic carbocycles. The minimum Gasteiger partial charge on any atom is -0.340 e. The van der Waals surface area contributed by atoms with Gasteiger partial charge in [0, 0.05) is 24.1 Å². The number of hydrogen-bond acceptors (Lipinski definition) is 2. The Morgan fingerprint density at radius 1 is 1.20 bits per heavy atom. The van der Waals surface area contributed by atoms with E-state index < -0.39 is 0 Å². The first-order valence-electron chi connectivity index (χ1n) is 11.6. The lowest BCUT2D eigenvalue weighted by molar-refractivity contribution is 0.352. The van der Waals surface area contributed by atoms with E-state index in [4.69, 9.17) is 4.98 Å². The molecular formula is C27H36N2S. The fraction of sp³-hybridized carbons (Fsp3) is 0.444. The molecule has 30 heavy (non-hydrogen) atoms. The maximum atomic E-state index is 5.11. The van der Waals surface area contributed by atoms with Crippen molar-refractivity contribution < 1.29 is 1.43 Å². The summed E-state index contributed by atoms with van der Waals surface area (Å²) >= 11 is 1.76. The molecule has 3 heteroatoms. The molecule has 4 rings (SSSR count). The lowest BCUT2D eigenvalue weighted by atomic mass is 9.94. The Kier molecular flexibility index (Phi) is 6.58. The molecule has 1 aromatic carbocycles. The molecule has 1 saturated carbocycles. The van der Waals surface area contributed by atoms with Crippen molar-refractivity contribution in [1.29, 1.82) is 0 Å². The molecule has 0 amide bonds. The van der Waals surface area contributed by atoms with Gasteiger partial charge >= 0.3 is 0 Å². The van der Waals surface area contributed by atoms with Crippen molar-refractivity contribution in [2.24, 2.45) is 0 Å². The summed E-state index contributed by atoms with van der Waals surface area (Å²) in [6.45, 7) is 11.1. The zero-order chi connectivity index (χ0) is 21.1. The van der Waals surface area contributed by atoms with E-state index >= 15 is 0 Å². The first-order valence-corrected chi connectivity index (χ1v) is 12.5. The van der Waals surface area contributed by atoms with E-state index in [1.807, 2.05) is 0 Å². The molecule has 1 fully saturated rings. The van der Waals surface area contributed by atoms with Gasteiger partial charge in [-0.15, -0.1) is 11.3 Å². The highest BCUT2D eigenvalue weighted by Gasteiger charge is 2.24. The monoisotopic (exact) mass is 420 g/mol. The third kappa shape index (κ3) is 4.18. The smallest absolute Gasteiger partial charge is 0.124 e. The van der Waals surface area contributed by atoms with Crippen LogP contribution in [0.3, 0.4) is 0 Å². The predicted molar refractivity (Wildman–Crippen MR) is 133 cm³/mol. The lowest BCUT2D eigenvalue weighted by Crippen LogP contribution is -2.15. The second-order valence-electron chi connectivity index (χ2n) is 8.64. The fourth-order valence-corrected chi connectivity index (χ4v) is 5.68. The van der Waals surface area contributed by atoms with Gasteiger partial charge in [-0.1, -0.05) is 64.3 Å². The van der Waals surface area contributed by atoms with Crippen LogP contribution >= 0.6 is 11.3 Å². The molecule has 160 valence electrons. The molecule has 2 heterocycles. The van der Waals surface area contributed by atoms with Gasteiger partial charge in [-0.05, 0) is 61.4 Å². The Morgan fingerprint density at radius 2 is 2.00 bits per heavy atom. The number of rotatable bonds is 7.